The van der Waals surface area contributed by atoms with Crippen molar-refractivity contribution in [1.29, 1.82) is 0 Å². The summed E-state index contributed by atoms with van der Waals surface area (Å²) in [7, 11) is 1.62. The molecule has 0 aliphatic heterocycles. The molecule has 5 nitrogen and oxygen atoms in total. The maximum absolute atomic E-state index is 12.3. The molecule has 144 valence electrons. The Morgan fingerprint density at radius 1 is 1.11 bits per heavy atom. The fourth-order valence-corrected chi connectivity index (χ4v) is 3.29. The number of rotatable bonds is 10. The zero-order valence-electron chi connectivity index (χ0n) is 15.2. The molecule has 2 rings (SSSR count). The minimum Gasteiger partial charge on any atom is -0.385 e. The second kappa shape index (κ2) is 11.6. The monoisotopic (exact) mass is 406 g/mol. The number of para-hydroxylation sites is 1. The first kappa shape index (κ1) is 21.3. The van der Waals surface area contributed by atoms with E-state index in [-0.39, 0.29) is 11.8 Å². The minimum atomic E-state index is -0.211. The lowest BCUT2D eigenvalue weighted by atomic mass is 10.1. The van der Waals surface area contributed by atoms with Crippen LogP contribution in [0.4, 0.5) is 5.69 Å². The third-order valence-corrected chi connectivity index (χ3v) is 4.93. The van der Waals surface area contributed by atoms with Crippen LogP contribution >= 0.6 is 23.4 Å². The van der Waals surface area contributed by atoms with Crippen molar-refractivity contribution in [1.82, 2.24) is 5.32 Å². The molecule has 0 saturated heterocycles. The first-order chi connectivity index (χ1) is 13.1. The van der Waals surface area contributed by atoms with Crippen molar-refractivity contribution in [3.8, 4) is 0 Å². The summed E-state index contributed by atoms with van der Waals surface area (Å²) >= 11 is 7.45. The lowest BCUT2D eigenvalue weighted by Crippen LogP contribution is -2.26. The molecule has 0 saturated carbocycles. The van der Waals surface area contributed by atoms with Gasteiger partial charge in [0.05, 0.1) is 11.3 Å². The number of methoxy groups -OCH3 is 1. The van der Waals surface area contributed by atoms with Gasteiger partial charge in [-0.05, 0) is 42.8 Å². The molecule has 7 heteroatoms. The molecule has 0 aromatic heterocycles. The van der Waals surface area contributed by atoms with Crippen LogP contribution in [-0.2, 0) is 9.53 Å². The van der Waals surface area contributed by atoms with E-state index in [0.717, 1.165) is 11.3 Å². The maximum Gasteiger partial charge on any atom is 0.253 e. The summed E-state index contributed by atoms with van der Waals surface area (Å²) in [4.78, 5) is 25.6. The molecular weight excluding hydrogens is 384 g/mol. The predicted molar refractivity (Wildman–Crippen MR) is 111 cm³/mol. The Morgan fingerprint density at radius 2 is 1.85 bits per heavy atom. The second-order valence-corrected chi connectivity index (χ2v) is 7.35. The van der Waals surface area contributed by atoms with Crippen molar-refractivity contribution >= 4 is 40.9 Å². The zero-order valence-corrected chi connectivity index (χ0v) is 16.7. The largest absolute Gasteiger partial charge is 0.385 e. The molecule has 0 heterocycles. The molecule has 0 radical (unpaired) electrons. The number of anilines is 1. The topological polar surface area (TPSA) is 67.4 Å². The number of hydrogen-bond acceptors (Lipinski definition) is 4. The van der Waals surface area contributed by atoms with Crippen LogP contribution < -0.4 is 10.6 Å². The number of carbonyl (C=O) groups is 2. The Hall–Kier alpha value is -2.02. The first-order valence-electron chi connectivity index (χ1n) is 8.64. The molecule has 2 amide bonds. The fraction of sp³-hybridized carbons (Fsp3) is 0.300. The van der Waals surface area contributed by atoms with Gasteiger partial charge in [-0.3, -0.25) is 9.59 Å². The highest BCUT2D eigenvalue weighted by Crippen LogP contribution is 2.21. The van der Waals surface area contributed by atoms with E-state index < -0.39 is 0 Å². The molecule has 0 bridgehead atoms. The van der Waals surface area contributed by atoms with Crippen molar-refractivity contribution in [2.24, 2.45) is 0 Å². The Morgan fingerprint density at radius 3 is 2.59 bits per heavy atom. The van der Waals surface area contributed by atoms with Gasteiger partial charge in [-0.1, -0.05) is 23.7 Å². The Kier molecular flexibility index (Phi) is 9.18. The van der Waals surface area contributed by atoms with Gasteiger partial charge in [0.25, 0.3) is 5.91 Å². The quantitative estimate of drug-likeness (QED) is 0.457. The van der Waals surface area contributed by atoms with Crippen molar-refractivity contribution < 1.29 is 14.3 Å². The van der Waals surface area contributed by atoms with Gasteiger partial charge in [-0.15, -0.1) is 11.8 Å². The van der Waals surface area contributed by atoms with Gasteiger partial charge in [0.2, 0.25) is 5.91 Å². The molecule has 0 fully saturated rings. The van der Waals surface area contributed by atoms with Crippen molar-refractivity contribution in [3.63, 3.8) is 0 Å². The van der Waals surface area contributed by atoms with Gasteiger partial charge >= 0.3 is 0 Å². The summed E-state index contributed by atoms with van der Waals surface area (Å²) in [6, 6.07) is 14.5. The number of halogens is 1. The van der Waals surface area contributed by atoms with E-state index in [1.807, 2.05) is 24.3 Å². The summed E-state index contributed by atoms with van der Waals surface area (Å²) in [5, 5.41) is 6.35. The van der Waals surface area contributed by atoms with Crippen LogP contribution in [0.1, 0.15) is 23.2 Å². The first-order valence-corrected chi connectivity index (χ1v) is 10.0. The summed E-state index contributed by atoms with van der Waals surface area (Å²) in [5.41, 5.74) is 0.969. The van der Waals surface area contributed by atoms with Gasteiger partial charge in [0, 0.05) is 42.4 Å². The molecule has 27 heavy (non-hydrogen) atoms. The second-order valence-electron chi connectivity index (χ2n) is 5.75. The van der Waals surface area contributed by atoms with Crippen LogP contribution in [0.5, 0.6) is 0 Å². The predicted octanol–water partition coefficient (Wildman–Crippen LogP) is 4.23. The molecule has 0 aliphatic carbocycles. The Labute approximate surface area is 168 Å². The highest BCUT2D eigenvalue weighted by molar-refractivity contribution is 7.99. The highest BCUT2D eigenvalue weighted by atomic mass is 35.5. The van der Waals surface area contributed by atoms with Crippen LogP contribution in [0.25, 0.3) is 0 Å². The normalized spacial score (nSPS) is 10.4. The van der Waals surface area contributed by atoms with E-state index in [0.29, 0.717) is 41.6 Å². The molecule has 0 aliphatic rings. The summed E-state index contributed by atoms with van der Waals surface area (Å²) < 4.78 is 4.96. The highest BCUT2D eigenvalue weighted by Gasteiger charge is 2.12. The number of nitrogens with one attached hydrogen (secondary N) is 2. The zero-order chi connectivity index (χ0) is 19.5. The molecule has 2 N–H and O–H groups in total. The number of ether oxygens (including phenoxy) is 1. The summed E-state index contributed by atoms with van der Waals surface area (Å²) in [6.07, 6.45) is 1.08. The lowest BCUT2D eigenvalue weighted by molar-refractivity contribution is -0.115. The van der Waals surface area contributed by atoms with Gasteiger partial charge < -0.3 is 15.4 Å². The number of amides is 2. The van der Waals surface area contributed by atoms with Crippen molar-refractivity contribution in [2.75, 3.05) is 31.3 Å². The van der Waals surface area contributed by atoms with Gasteiger partial charge in [0.15, 0.2) is 0 Å². The number of carbonyl (C=O) groups excluding carboxylic acids is 2. The fourth-order valence-electron chi connectivity index (χ4n) is 2.31. The summed E-state index contributed by atoms with van der Waals surface area (Å²) in [5.74, 6) is 0.299. The average molecular weight is 407 g/mol. The number of hydrogen-bond donors (Lipinski definition) is 2. The van der Waals surface area contributed by atoms with Crippen LogP contribution in [0.15, 0.2) is 53.4 Å². The molecule has 2 aromatic rings. The smallest absolute Gasteiger partial charge is 0.253 e. The van der Waals surface area contributed by atoms with Gasteiger partial charge in [-0.2, -0.15) is 0 Å². The SMILES string of the molecule is COCCCNC(=O)c1ccccc1NC(=O)CCSc1ccc(Cl)cc1. The van der Waals surface area contributed by atoms with Crippen molar-refractivity contribution in [3.05, 3.63) is 59.1 Å². The van der Waals surface area contributed by atoms with Crippen LogP contribution in [0.2, 0.25) is 5.02 Å². The summed E-state index contributed by atoms with van der Waals surface area (Å²) in [6.45, 7) is 1.11. The Bertz CT molecular complexity index is 753. The van der Waals surface area contributed by atoms with E-state index >= 15 is 0 Å². The standard InChI is InChI=1S/C20H23ClN2O3S/c1-26-13-4-12-22-20(25)17-5-2-3-6-18(17)23-19(24)11-14-27-16-9-7-15(21)8-10-16/h2-3,5-10H,4,11-14H2,1H3,(H,22,25)(H,23,24). The lowest BCUT2D eigenvalue weighted by Gasteiger charge is -2.11. The van der Waals surface area contributed by atoms with Crippen molar-refractivity contribution in [2.45, 2.75) is 17.7 Å². The molecule has 0 unspecified atom stereocenters. The molecule has 2 aromatic carbocycles. The average Bonchev–Trinajstić information content (AvgIpc) is 2.67. The molecule has 0 atom stereocenters. The molecular formula is C20H23ClN2O3S. The molecule has 0 spiro atoms. The van der Waals surface area contributed by atoms with Gasteiger partial charge in [-0.25, -0.2) is 0 Å². The van der Waals surface area contributed by atoms with E-state index in [9.17, 15) is 9.59 Å². The number of thioether (sulfide) groups is 1. The Balaban J connectivity index is 1.84. The maximum atomic E-state index is 12.3. The van der Waals surface area contributed by atoms with Gasteiger partial charge in [0.1, 0.15) is 0 Å². The van der Waals surface area contributed by atoms with E-state index in [4.69, 9.17) is 16.3 Å². The van der Waals surface area contributed by atoms with E-state index in [1.54, 1.807) is 43.1 Å². The third-order valence-electron chi connectivity index (χ3n) is 3.67. The van der Waals surface area contributed by atoms with Crippen LogP contribution in [0.3, 0.4) is 0 Å². The van der Waals surface area contributed by atoms with E-state index in [2.05, 4.69) is 10.6 Å². The minimum absolute atomic E-state index is 0.129. The van der Waals surface area contributed by atoms with Crippen LogP contribution in [0, 0.1) is 0 Å². The third kappa shape index (κ3) is 7.62. The van der Waals surface area contributed by atoms with E-state index in [1.165, 1.54) is 0 Å². The van der Waals surface area contributed by atoms with Crippen LogP contribution in [-0.4, -0.2) is 37.8 Å². The number of benzene rings is 2.